The van der Waals surface area contributed by atoms with Gasteiger partial charge >= 0.3 is 0 Å². The molecule has 0 aliphatic rings. The Balaban J connectivity index is 1.75. The van der Waals surface area contributed by atoms with Crippen LogP contribution >= 0.6 is 11.3 Å². The fourth-order valence-electron chi connectivity index (χ4n) is 3.46. The quantitative estimate of drug-likeness (QED) is 0.331. The molecule has 0 bridgehead atoms. The number of fused-ring (bicyclic) bond motifs is 1. The third-order valence-electron chi connectivity index (χ3n) is 5.42. The number of hydrogen-bond acceptors (Lipinski definition) is 2. The van der Waals surface area contributed by atoms with Crippen molar-refractivity contribution >= 4 is 21.6 Å². The lowest BCUT2D eigenvalue weighted by Gasteiger charge is -2.26. The van der Waals surface area contributed by atoms with Gasteiger partial charge in [0.1, 0.15) is 5.01 Å². The first-order chi connectivity index (χ1) is 13.6. The summed E-state index contributed by atoms with van der Waals surface area (Å²) in [5.41, 5.74) is 7.81. The maximum absolute atomic E-state index is 4.80. The molecular weight excluding hydrogens is 370 g/mol. The van der Waals surface area contributed by atoms with Gasteiger partial charge < -0.3 is 0 Å². The molecule has 0 saturated heterocycles. The summed E-state index contributed by atoms with van der Waals surface area (Å²) < 4.78 is 1.24. The van der Waals surface area contributed by atoms with Gasteiger partial charge in [-0.05, 0) is 45.2 Å². The molecule has 0 aliphatic carbocycles. The molecule has 4 aromatic rings. The molecule has 0 saturated carbocycles. The van der Waals surface area contributed by atoms with Crippen LogP contribution < -0.4 is 0 Å². The number of hydrogen-bond donors (Lipinski definition) is 0. The Morgan fingerprint density at radius 3 is 1.72 bits per heavy atom. The van der Waals surface area contributed by atoms with Crippen molar-refractivity contribution in [2.75, 3.05) is 0 Å². The summed E-state index contributed by atoms with van der Waals surface area (Å²) in [6, 6.07) is 24.3. The molecular formula is C27H29NS. The molecule has 0 atom stereocenters. The average Bonchev–Trinajstić information content (AvgIpc) is 3.10. The molecule has 0 spiro atoms. The summed E-state index contributed by atoms with van der Waals surface area (Å²) in [6.45, 7) is 13.7. The second kappa shape index (κ2) is 7.11. The Bertz CT molecular complexity index is 1090. The summed E-state index contributed by atoms with van der Waals surface area (Å²) >= 11 is 1.75. The summed E-state index contributed by atoms with van der Waals surface area (Å²) in [5, 5.41) is 1.08. The van der Waals surface area contributed by atoms with E-state index in [1.54, 1.807) is 11.3 Å². The minimum atomic E-state index is 0.122. The predicted molar refractivity (Wildman–Crippen MR) is 128 cm³/mol. The third-order valence-corrected chi connectivity index (χ3v) is 6.51. The lowest BCUT2D eigenvalue weighted by molar-refractivity contribution is 0.569. The highest BCUT2D eigenvalue weighted by molar-refractivity contribution is 7.21. The highest BCUT2D eigenvalue weighted by atomic mass is 32.1. The molecule has 0 radical (unpaired) electrons. The van der Waals surface area contributed by atoms with E-state index in [-0.39, 0.29) is 10.8 Å². The first-order valence-electron chi connectivity index (χ1n) is 10.2. The van der Waals surface area contributed by atoms with E-state index in [0.29, 0.717) is 0 Å². The minimum absolute atomic E-state index is 0.122. The smallest absolute Gasteiger partial charge is 0.124 e. The van der Waals surface area contributed by atoms with Crippen LogP contribution in [0.4, 0.5) is 0 Å². The van der Waals surface area contributed by atoms with Crippen molar-refractivity contribution < 1.29 is 0 Å². The minimum Gasteiger partial charge on any atom is -0.236 e. The van der Waals surface area contributed by atoms with Gasteiger partial charge in [0.05, 0.1) is 10.2 Å². The summed E-state index contributed by atoms with van der Waals surface area (Å²) in [7, 11) is 0. The number of para-hydroxylation sites is 1. The van der Waals surface area contributed by atoms with Crippen molar-refractivity contribution in [3.63, 3.8) is 0 Å². The van der Waals surface area contributed by atoms with E-state index in [0.717, 1.165) is 10.5 Å². The second-order valence-electron chi connectivity index (χ2n) is 9.86. The Morgan fingerprint density at radius 2 is 1.17 bits per heavy atom. The van der Waals surface area contributed by atoms with Crippen molar-refractivity contribution in [2.24, 2.45) is 0 Å². The molecule has 0 N–H and O–H groups in total. The van der Waals surface area contributed by atoms with Gasteiger partial charge in [0, 0.05) is 5.56 Å². The molecule has 3 aromatic carbocycles. The maximum Gasteiger partial charge on any atom is 0.124 e. The predicted octanol–water partition coefficient (Wildman–Crippen LogP) is 8.23. The van der Waals surface area contributed by atoms with Crippen molar-refractivity contribution in [1.82, 2.24) is 4.98 Å². The van der Waals surface area contributed by atoms with E-state index in [4.69, 9.17) is 4.98 Å². The van der Waals surface area contributed by atoms with Crippen LogP contribution in [0.25, 0.3) is 31.9 Å². The van der Waals surface area contributed by atoms with Crippen molar-refractivity contribution in [3.05, 3.63) is 77.9 Å². The standard InChI is InChI=1S/C27H29NS/c1-26(2,3)21-15-20(16-22(17-21)27(4,5)6)18-11-13-19(14-12-18)25-28-23-9-7-8-10-24(23)29-25/h7-17H,1-6H3. The zero-order valence-electron chi connectivity index (χ0n) is 18.2. The van der Waals surface area contributed by atoms with Gasteiger partial charge in [0.2, 0.25) is 0 Å². The zero-order chi connectivity index (χ0) is 20.8. The number of nitrogens with zero attached hydrogens (tertiary/aromatic N) is 1. The normalized spacial score (nSPS) is 12.5. The van der Waals surface area contributed by atoms with Crippen LogP contribution in [0.1, 0.15) is 52.7 Å². The Morgan fingerprint density at radius 1 is 0.621 bits per heavy atom. The van der Waals surface area contributed by atoms with E-state index >= 15 is 0 Å². The summed E-state index contributed by atoms with van der Waals surface area (Å²) in [4.78, 5) is 4.80. The van der Waals surface area contributed by atoms with Crippen LogP contribution in [0, 0.1) is 0 Å². The van der Waals surface area contributed by atoms with Crippen LogP contribution in [0.3, 0.4) is 0 Å². The van der Waals surface area contributed by atoms with Gasteiger partial charge in [-0.15, -0.1) is 11.3 Å². The van der Waals surface area contributed by atoms with Crippen molar-refractivity contribution in [1.29, 1.82) is 0 Å². The second-order valence-corrected chi connectivity index (χ2v) is 10.9. The molecule has 0 amide bonds. The molecule has 4 rings (SSSR count). The lowest BCUT2D eigenvalue weighted by atomic mass is 9.79. The van der Waals surface area contributed by atoms with Crippen LogP contribution in [0.2, 0.25) is 0 Å². The number of benzene rings is 3. The SMILES string of the molecule is CC(C)(C)c1cc(-c2ccc(-c3nc4ccccc4s3)cc2)cc(C(C)(C)C)c1. The third kappa shape index (κ3) is 4.13. The molecule has 0 fully saturated rings. The summed E-state index contributed by atoms with van der Waals surface area (Å²) in [5.74, 6) is 0. The Hall–Kier alpha value is -2.45. The molecule has 1 nitrogen and oxygen atoms in total. The zero-order valence-corrected chi connectivity index (χ0v) is 19.0. The van der Waals surface area contributed by atoms with E-state index in [2.05, 4.69) is 102 Å². The highest BCUT2D eigenvalue weighted by Crippen LogP contribution is 2.35. The van der Waals surface area contributed by atoms with E-state index < -0.39 is 0 Å². The first kappa shape index (κ1) is 19.8. The van der Waals surface area contributed by atoms with Crippen LogP contribution in [-0.2, 0) is 10.8 Å². The lowest BCUT2D eigenvalue weighted by Crippen LogP contribution is -2.16. The molecule has 29 heavy (non-hydrogen) atoms. The molecule has 1 heterocycles. The molecule has 0 aliphatic heterocycles. The summed E-state index contributed by atoms with van der Waals surface area (Å²) in [6.07, 6.45) is 0. The number of rotatable bonds is 2. The monoisotopic (exact) mass is 399 g/mol. The van der Waals surface area contributed by atoms with Gasteiger partial charge in [-0.1, -0.05) is 96.1 Å². The molecule has 2 heteroatoms. The van der Waals surface area contributed by atoms with Gasteiger partial charge in [-0.25, -0.2) is 4.98 Å². The Kier molecular flexibility index (Phi) is 4.86. The fraction of sp³-hybridized carbons (Fsp3) is 0.296. The first-order valence-corrected chi connectivity index (χ1v) is 11.1. The fourth-order valence-corrected chi connectivity index (χ4v) is 4.43. The van der Waals surface area contributed by atoms with Crippen molar-refractivity contribution in [2.45, 2.75) is 52.4 Å². The van der Waals surface area contributed by atoms with E-state index in [9.17, 15) is 0 Å². The molecule has 148 valence electrons. The highest BCUT2D eigenvalue weighted by Gasteiger charge is 2.21. The molecule has 0 unspecified atom stereocenters. The van der Waals surface area contributed by atoms with E-state index in [1.807, 2.05) is 6.07 Å². The van der Waals surface area contributed by atoms with Crippen molar-refractivity contribution in [3.8, 4) is 21.7 Å². The van der Waals surface area contributed by atoms with Crippen LogP contribution in [-0.4, -0.2) is 4.98 Å². The van der Waals surface area contributed by atoms with E-state index in [1.165, 1.54) is 32.5 Å². The van der Waals surface area contributed by atoms with Crippen LogP contribution in [0.15, 0.2) is 66.7 Å². The topological polar surface area (TPSA) is 12.9 Å². The number of thiazole rings is 1. The largest absolute Gasteiger partial charge is 0.236 e. The molecule has 1 aromatic heterocycles. The van der Waals surface area contributed by atoms with Gasteiger partial charge in [-0.2, -0.15) is 0 Å². The Labute approximate surface area is 178 Å². The van der Waals surface area contributed by atoms with Gasteiger partial charge in [-0.3, -0.25) is 0 Å². The van der Waals surface area contributed by atoms with Gasteiger partial charge in [0.25, 0.3) is 0 Å². The van der Waals surface area contributed by atoms with Crippen LogP contribution in [0.5, 0.6) is 0 Å². The maximum atomic E-state index is 4.80. The van der Waals surface area contributed by atoms with Gasteiger partial charge in [0.15, 0.2) is 0 Å². The average molecular weight is 400 g/mol. The number of aromatic nitrogens is 1.